The number of hydrogen-bond donors (Lipinski definition) is 0. The number of nitrogens with zero attached hydrogens (tertiary/aromatic N) is 4. The number of carbonyl (C=O) groups excluding carboxylic acids is 1. The molecule has 0 N–H and O–H groups in total. The van der Waals surface area contributed by atoms with Gasteiger partial charge in [0.15, 0.2) is 5.78 Å². The van der Waals surface area contributed by atoms with Crippen LogP contribution in [0.5, 0.6) is 0 Å². The zero-order chi connectivity index (χ0) is 14.9. The summed E-state index contributed by atoms with van der Waals surface area (Å²) in [6, 6.07) is 4.06. The highest BCUT2D eigenvalue weighted by Gasteiger charge is 2.21. The van der Waals surface area contributed by atoms with Crippen LogP contribution in [-0.2, 0) is 10.8 Å². The molecule has 2 aromatic rings. The first-order valence-corrected chi connectivity index (χ1v) is 7.01. The van der Waals surface area contributed by atoms with E-state index in [1.807, 2.05) is 0 Å². The molecular weight excluding hydrogens is 284 g/mol. The van der Waals surface area contributed by atoms with Crippen LogP contribution in [-0.4, -0.2) is 35.9 Å². The summed E-state index contributed by atoms with van der Waals surface area (Å²) in [4.78, 5) is 21.8. The van der Waals surface area contributed by atoms with E-state index in [-0.39, 0.29) is 27.9 Å². The number of ketones is 1. The van der Waals surface area contributed by atoms with Gasteiger partial charge >= 0.3 is 0 Å². The van der Waals surface area contributed by atoms with Gasteiger partial charge in [-0.1, -0.05) is 0 Å². The van der Waals surface area contributed by atoms with Crippen LogP contribution in [0.2, 0.25) is 0 Å². The molecule has 0 aliphatic rings. The van der Waals surface area contributed by atoms with Gasteiger partial charge in [0, 0.05) is 17.9 Å². The Morgan fingerprint density at radius 3 is 2.70 bits per heavy atom. The van der Waals surface area contributed by atoms with Crippen LogP contribution in [0.25, 0.3) is 5.69 Å². The van der Waals surface area contributed by atoms with E-state index in [1.165, 1.54) is 42.3 Å². The zero-order valence-electron chi connectivity index (χ0n) is 10.6. The second-order valence-electron chi connectivity index (χ2n) is 3.95. The van der Waals surface area contributed by atoms with Crippen molar-refractivity contribution in [2.75, 3.05) is 6.26 Å². The molecule has 1 unspecified atom stereocenters. The molecule has 2 rings (SSSR count). The maximum atomic E-state index is 11.5. The average Bonchev–Trinajstić information content (AvgIpc) is 2.86. The monoisotopic (exact) mass is 294 g/mol. The predicted molar refractivity (Wildman–Crippen MR) is 70.4 cm³/mol. The van der Waals surface area contributed by atoms with Crippen molar-refractivity contribution in [3.63, 3.8) is 0 Å². The minimum Gasteiger partial charge on any atom is -0.295 e. The molecule has 0 amide bonds. The number of hydrogen-bond acceptors (Lipinski definition) is 6. The first-order valence-electron chi connectivity index (χ1n) is 5.45. The maximum absolute atomic E-state index is 11.5. The van der Waals surface area contributed by atoms with Crippen molar-refractivity contribution in [1.29, 1.82) is 0 Å². The smallest absolute Gasteiger partial charge is 0.294 e. The lowest BCUT2D eigenvalue weighted by Gasteiger charge is -2.06. The second-order valence-corrected chi connectivity index (χ2v) is 5.23. The summed E-state index contributed by atoms with van der Waals surface area (Å²) < 4.78 is 12.8. The standard InChI is InChI=1S/C11H10N4O4S/c1-7(16)8-3-4-9(10(5-8)15(17)18)14-6-12-13-11(14)20(2)19/h3-6H,1-2H3. The van der Waals surface area contributed by atoms with Gasteiger partial charge in [0.05, 0.1) is 15.7 Å². The normalized spacial score (nSPS) is 12.1. The lowest BCUT2D eigenvalue weighted by atomic mass is 10.1. The van der Waals surface area contributed by atoms with Gasteiger partial charge in [0.2, 0.25) is 5.16 Å². The van der Waals surface area contributed by atoms with Crippen molar-refractivity contribution in [2.24, 2.45) is 0 Å². The Balaban J connectivity index is 2.68. The van der Waals surface area contributed by atoms with Crippen molar-refractivity contribution in [1.82, 2.24) is 14.8 Å². The highest BCUT2D eigenvalue weighted by molar-refractivity contribution is 7.84. The van der Waals surface area contributed by atoms with Crippen molar-refractivity contribution in [3.05, 3.63) is 40.2 Å². The second kappa shape index (κ2) is 5.29. The van der Waals surface area contributed by atoms with E-state index < -0.39 is 15.7 Å². The van der Waals surface area contributed by atoms with Gasteiger partial charge in [-0.15, -0.1) is 10.2 Å². The van der Waals surface area contributed by atoms with E-state index in [2.05, 4.69) is 10.2 Å². The van der Waals surface area contributed by atoms with E-state index in [0.29, 0.717) is 0 Å². The van der Waals surface area contributed by atoms with Crippen molar-refractivity contribution in [3.8, 4) is 5.69 Å². The Bertz CT molecular complexity index is 725. The Hall–Kier alpha value is -2.42. The zero-order valence-corrected chi connectivity index (χ0v) is 11.5. The molecule has 20 heavy (non-hydrogen) atoms. The summed E-state index contributed by atoms with van der Waals surface area (Å²) >= 11 is 0. The van der Waals surface area contributed by atoms with Crippen LogP contribution in [0.3, 0.4) is 0 Å². The molecule has 9 heteroatoms. The lowest BCUT2D eigenvalue weighted by molar-refractivity contribution is -0.384. The molecule has 0 radical (unpaired) electrons. The third-order valence-electron chi connectivity index (χ3n) is 2.61. The topological polar surface area (TPSA) is 108 Å². The van der Waals surface area contributed by atoms with Gasteiger partial charge in [-0.25, -0.2) is 0 Å². The van der Waals surface area contributed by atoms with E-state index in [1.54, 1.807) is 0 Å². The van der Waals surface area contributed by atoms with Crippen LogP contribution >= 0.6 is 0 Å². The van der Waals surface area contributed by atoms with E-state index in [0.717, 1.165) is 0 Å². The van der Waals surface area contributed by atoms with E-state index >= 15 is 0 Å². The predicted octanol–water partition coefficient (Wildman–Crippen LogP) is 1.12. The maximum Gasteiger partial charge on any atom is 0.294 e. The first-order chi connectivity index (χ1) is 9.41. The Morgan fingerprint density at radius 1 is 1.45 bits per heavy atom. The molecule has 0 fully saturated rings. The number of nitro benzene ring substituents is 1. The molecule has 0 saturated carbocycles. The third kappa shape index (κ3) is 2.48. The van der Waals surface area contributed by atoms with Crippen LogP contribution in [0.15, 0.2) is 29.7 Å². The van der Waals surface area contributed by atoms with Gasteiger partial charge < -0.3 is 0 Å². The number of Topliss-reactive ketones (excluding diaryl/α,β-unsaturated/α-hetero) is 1. The van der Waals surface area contributed by atoms with Crippen LogP contribution in [0.1, 0.15) is 17.3 Å². The number of nitro groups is 1. The van der Waals surface area contributed by atoms with Gasteiger partial charge in [0.1, 0.15) is 12.0 Å². The molecule has 104 valence electrons. The van der Waals surface area contributed by atoms with Gasteiger partial charge in [-0.2, -0.15) is 0 Å². The van der Waals surface area contributed by atoms with Crippen molar-refractivity contribution < 1.29 is 13.9 Å². The fourth-order valence-electron chi connectivity index (χ4n) is 1.68. The first kappa shape index (κ1) is 14.0. The largest absolute Gasteiger partial charge is 0.295 e. The molecule has 0 spiro atoms. The summed E-state index contributed by atoms with van der Waals surface area (Å²) in [5, 5.41) is 18.5. The van der Waals surface area contributed by atoms with Crippen LogP contribution < -0.4 is 0 Å². The molecule has 0 saturated heterocycles. The molecule has 1 heterocycles. The SMILES string of the molecule is CC(=O)c1ccc(-n2cnnc2S(C)=O)c([N+](=O)[O-])c1. The van der Waals surface area contributed by atoms with E-state index in [9.17, 15) is 19.1 Å². The summed E-state index contributed by atoms with van der Waals surface area (Å²) in [6.45, 7) is 1.32. The van der Waals surface area contributed by atoms with Crippen molar-refractivity contribution >= 4 is 22.3 Å². The quantitative estimate of drug-likeness (QED) is 0.475. The summed E-state index contributed by atoms with van der Waals surface area (Å²) in [6.07, 6.45) is 2.64. The Labute approximate surface area is 116 Å². The van der Waals surface area contributed by atoms with Crippen LogP contribution in [0.4, 0.5) is 5.69 Å². The van der Waals surface area contributed by atoms with Gasteiger partial charge in [-0.05, 0) is 19.1 Å². The van der Waals surface area contributed by atoms with Gasteiger partial charge in [0.25, 0.3) is 5.69 Å². The molecule has 1 atom stereocenters. The fraction of sp³-hybridized carbons (Fsp3) is 0.182. The summed E-state index contributed by atoms with van der Waals surface area (Å²) in [7, 11) is -1.45. The van der Waals surface area contributed by atoms with E-state index in [4.69, 9.17) is 0 Å². The molecule has 1 aromatic carbocycles. The molecule has 1 aromatic heterocycles. The number of rotatable bonds is 4. The van der Waals surface area contributed by atoms with Crippen LogP contribution in [0, 0.1) is 10.1 Å². The minimum absolute atomic E-state index is 0.101. The molecule has 8 nitrogen and oxygen atoms in total. The van der Waals surface area contributed by atoms with Gasteiger partial charge in [-0.3, -0.25) is 23.7 Å². The summed E-state index contributed by atoms with van der Waals surface area (Å²) in [5.41, 5.74) is 0.118. The Morgan fingerprint density at radius 2 is 2.15 bits per heavy atom. The highest BCUT2D eigenvalue weighted by Crippen LogP contribution is 2.25. The van der Waals surface area contributed by atoms with Crippen molar-refractivity contribution in [2.45, 2.75) is 12.1 Å². The number of benzene rings is 1. The lowest BCUT2D eigenvalue weighted by Crippen LogP contribution is -2.06. The fourth-order valence-corrected chi connectivity index (χ4v) is 2.26. The summed E-state index contributed by atoms with van der Waals surface area (Å²) in [5.74, 6) is -0.275. The molecule has 0 aliphatic heterocycles. The molecule has 0 aliphatic carbocycles. The number of aromatic nitrogens is 3. The highest BCUT2D eigenvalue weighted by atomic mass is 32.2. The third-order valence-corrected chi connectivity index (χ3v) is 3.40. The average molecular weight is 294 g/mol. The molecular formula is C11H10N4O4S. The molecule has 0 bridgehead atoms. The number of carbonyl (C=O) groups is 1. The minimum atomic E-state index is -1.45. The Kier molecular flexibility index (Phi) is 3.70.